The van der Waals surface area contributed by atoms with Crippen LogP contribution in [-0.2, 0) is 28.6 Å². The van der Waals surface area contributed by atoms with Crippen molar-refractivity contribution in [2.24, 2.45) is 0 Å². The Bertz CT molecular complexity index is 1010. The summed E-state index contributed by atoms with van der Waals surface area (Å²) in [4.78, 5) is 38.1. The van der Waals surface area contributed by atoms with Crippen LogP contribution >= 0.6 is 0 Å². The predicted octanol–water partition coefficient (Wildman–Crippen LogP) is 19.3. The molecule has 0 rings (SSSR count). The van der Waals surface area contributed by atoms with Crippen molar-refractivity contribution in [3.63, 3.8) is 0 Å². The molecule has 384 valence electrons. The van der Waals surface area contributed by atoms with Gasteiger partial charge < -0.3 is 14.2 Å². The average Bonchev–Trinajstić information content (AvgIpc) is 3.30. The van der Waals surface area contributed by atoms with Gasteiger partial charge in [-0.15, -0.1) is 0 Å². The Kier molecular flexibility index (Phi) is 53.2. The summed E-state index contributed by atoms with van der Waals surface area (Å²) in [6.07, 6.45) is 62.0. The minimum Gasteiger partial charge on any atom is -0.462 e. The van der Waals surface area contributed by atoms with Gasteiger partial charge in [-0.2, -0.15) is 0 Å². The van der Waals surface area contributed by atoms with E-state index in [0.717, 1.165) is 64.2 Å². The van der Waals surface area contributed by atoms with Crippen molar-refractivity contribution in [2.45, 2.75) is 335 Å². The zero-order valence-corrected chi connectivity index (χ0v) is 44.0. The van der Waals surface area contributed by atoms with E-state index in [2.05, 4.69) is 32.9 Å². The molecule has 6 heteroatoms. The summed E-state index contributed by atoms with van der Waals surface area (Å²) >= 11 is 0. The van der Waals surface area contributed by atoms with Crippen LogP contribution in [0.4, 0.5) is 0 Å². The molecule has 0 N–H and O–H groups in total. The fourth-order valence-corrected chi connectivity index (χ4v) is 8.85. The van der Waals surface area contributed by atoms with Crippen LogP contribution in [0.3, 0.4) is 0 Å². The second-order valence-electron chi connectivity index (χ2n) is 19.9. The summed E-state index contributed by atoms with van der Waals surface area (Å²) in [5, 5.41) is 0. The molecule has 0 saturated carbocycles. The van der Waals surface area contributed by atoms with Crippen molar-refractivity contribution in [3.8, 4) is 0 Å². The molecule has 0 bridgehead atoms. The van der Waals surface area contributed by atoms with Crippen LogP contribution < -0.4 is 0 Å². The molecule has 6 nitrogen and oxygen atoms in total. The zero-order chi connectivity index (χ0) is 47.2. The van der Waals surface area contributed by atoms with Gasteiger partial charge in [-0.25, -0.2) is 0 Å². The van der Waals surface area contributed by atoms with Crippen molar-refractivity contribution >= 4 is 17.9 Å². The van der Waals surface area contributed by atoms with Gasteiger partial charge in [0.25, 0.3) is 0 Å². The fraction of sp³-hybridized carbons (Fsp3) is 0.915. The van der Waals surface area contributed by atoms with Crippen LogP contribution in [0, 0.1) is 0 Å². The van der Waals surface area contributed by atoms with E-state index >= 15 is 0 Å². The molecule has 0 spiro atoms. The minimum absolute atomic E-state index is 0.0685. The lowest BCUT2D eigenvalue weighted by Gasteiger charge is -2.18. The number of unbranched alkanes of at least 4 members (excludes halogenated alkanes) is 41. The van der Waals surface area contributed by atoms with Gasteiger partial charge in [-0.3, -0.25) is 14.4 Å². The number of rotatable bonds is 54. The lowest BCUT2D eigenvalue weighted by Crippen LogP contribution is -2.30. The van der Waals surface area contributed by atoms with Crippen LogP contribution in [0.25, 0.3) is 0 Å². The Balaban J connectivity index is 4.29. The molecule has 0 aliphatic carbocycles. The molecule has 0 amide bonds. The van der Waals surface area contributed by atoms with E-state index in [1.54, 1.807) is 0 Å². The molecule has 0 aliphatic rings. The number of esters is 3. The third-order valence-electron chi connectivity index (χ3n) is 13.3. The monoisotopic (exact) mass is 917 g/mol. The van der Waals surface area contributed by atoms with Crippen molar-refractivity contribution in [1.82, 2.24) is 0 Å². The smallest absolute Gasteiger partial charge is 0.306 e. The fourth-order valence-electron chi connectivity index (χ4n) is 8.85. The van der Waals surface area contributed by atoms with Crippen molar-refractivity contribution in [1.29, 1.82) is 0 Å². The molecule has 1 atom stereocenters. The highest BCUT2D eigenvalue weighted by Crippen LogP contribution is 2.17. The summed E-state index contributed by atoms with van der Waals surface area (Å²) in [5.41, 5.74) is 0. The Hall–Kier alpha value is -1.85. The maximum Gasteiger partial charge on any atom is 0.306 e. The van der Waals surface area contributed by atoms with Gasteiger partial charge in [0.1, 0.15) is 13.2 Å². The second-order valence-corrected chi connectivity index (χ2v) is 19.9. The quantitative estimate of drug-likeness (QED) is 0.0262. The molecule has 0 fully saturated rings. The molecule has 0 radical (unpaired) electrons. The maximum absolute atomic E-state index is 12.8. The van der Waals surface area contributed by atoms with Crippen LogP contribution in [0.5, 0.6) is 0 Å². The molecule has 0 saturated heterocycles. The third kappa shape index (κ3) is 53.0. The summed E-state index contributed by atoms with van der Waals surface area (Å²) in [6, 6.07) is 0. The third-order valence-corrected chi connectivity index (χ3v) is 13.3. The topological polar surface area (TPSA) is 78.9 Å². The normalized spacial score (nSPS) is 12.0. The summed E-state index contributed by atoms with van der Waals surface area (Å²) in [7, 11) is 0. The first kappa shape index (κ1) is 63.1. The molecule has 0 aromatic heterocycles. The van der Waals surface area contributed by atoms with Crippen LogP contribution in [0.2, 0.25) is 0 Å². The van der Waals surface area contributed by atoms with E-state index in [1.165, 1.54) is 225 Å². The van der Waals surface area contributed by atoms with Gasteiger partial charge in [0.15, 0.2) is 6.10 Å². The van der Waals surface area contributed by atoms with Gasteiger partial charge in [-0.05, 0) is 44.9 Å². The molecular formula is C59H112O6. The predicted molar refractivity (Wildman–Crippen MR) is 280 cm³/mol. The van der Waals surface area contributed by atoms with Crippen molar-refractivity contribution in [2.75, 3.05) is 13.2 Å². The lowest BCUT2D eigenvalue weighted by molar-refractivity contribution is -0.167. The Labute approximate surface area is 405 Å². The molecular weight excluding hydrogens is 805 g/mol. The van der Waals surface area contributed by atoms with E-state index in [4.69, 9.17) is 14.2 Å². The van der Waals surface area contributed by atoms with E-state index in [1.807, 2.05) is 0 Å². The van der Waals surface area contributed by atoms with Gasteiger partial charge in [0.05, 0.1) is 0 Å². The largest absolute Gasteiger partial charge is 0.462 e. The number of carbonyl (C=O) groups excluding carboxylic acids is 3. The van der Waals surface area contributed by atoms with Crippen molar-refractivity contribution < 1.29 is 28.6 Å². The lowest BCUT2D eigenvalue weighted by atomic mass is 10.0. The summed E-state index contributed by atoms with van der Waals surface area (Å²) in [6.45, 7) is 6.68. The molecule has 0 aromatic rings. The molecule has 0 heterocycles. The molecule has 65 heavy (non-hydrogen) atoms. The zero-order valence-electron chi connectivity index (χ0n) is 44.0. The Morgan fingerprint density at radius 2 is 0.508 bits per heavy atom. The molecule has 0 aromatic carbocycles. The number of hydrogen-bond donors (Lipinski definition) is 0. The first-order valence-electron chi connectivity index (χ1n) is 29.2. The minimum atomic E-state index is -0.770. The Morgan fingerprint density at radius 1 is 0.292 bits per heavy atom. The van der Waals surface area contributed by atoms with E-state index < -0.39 is 6.10 Å². The maximum atomic E-state index is 12.8. The molecule has 0 aliphatic heterocycles. The highest BCUT2D eigenvalue weighted by atomic mass is 16.6. The van der Waals surface area contributed by atoms with E-state index in [9.17, 15) is 14.4 Å². The van der Waals surface area contributed by atoms with Gasteiger partial charge in [0.2, 0.25) is 0 Å². The van der Waals surface area contributed by atoms with Crippen LogP contribution in [0.15, 0.2) is 12.2 Å². The SMILES string of the molecule is CCCCCCCC/C=C\CCCCCC(=O)OCC(COC(=O)CCCCCCCCCCCCCCCCCCCCC)OC(=O)CCCCCCCCCCCCCCCCC. The van der Waals surface area contributed by atoms with Crippen LogP contribution in [-0.4, -0.2) is 37.2 Å². The number of allylic oxidation sites excluding steroid dienone is 2. The highest BCUT2D eigenvalue weighted by Gasteiger charge is 2.19. The van der Waals surface area contributed by atoms with E-state index in [-0.39, 0.29) is 31.1 Å². The summed E-state index contributed by atoms with van der Waals surface area (Å²) < 4.78 is 16.9. The summed E-state index contributed by atoms with van der Waals surface area (Å²) in [5.74, 6) is -0.861. The van der Waals surface area contributed by atoms with Crippen molar-refractivity contribution in [3.05, 3.63) is 12.2 Å². The Morgan fingerprint density at radius 3 is 0.785 bits per heavy atom. The highest BCUT2D eigenvalue weighted by molar-refractivity contribution is 5.71. The second kappa shape index (κ2) is 54.8. The van der Waals surface area contributed by atoms with Crippen LogP contribution in [0.1, 0.15) is 329 Å². The first-order valence-corrected chi connectivity index (χ1v) is 29.2. The standard InChI is InChI=1S/C59H112O6/c1-4-7-10-13-16-19-22-25-27-28-29-30-32-34-37-40-43-46-49-52-58(61)64-55-56(54-63-57(60)51-48-45-42-39-36-33-24-21-18-15-12-9-6-3)65-59(62)53-50-47-44-41-38-35-31-26-23-20-17-14-11-8-5-2/h33,36,56H,4-32,34-35,37-55H2,1-3H3/b36-33-. The van der Waals surface area contributed by atoms with Gasteiger partial charge >= 0.3 is 17.9 Å². The number of carbonyl (C=O) groups is 3. The van der Waals surface area contributed by atoms with Gasteiger partial charge in [0, 0.05) is 19.3 Å². The number of hydrogen-bond acceptors (Lipinski definition) is 6. The van der Waals surface area contributed by atoms with E-state index in [0.29, 0.717) is 19.3 Å². The molecule has 1 unspecified atom stereocenters. The first-order chi connectivity index (χ1) is 32.0. The average molecular weight is 918 g/mol. The number of ether oxygens (including phenoxy) is 3. The van der Waals surface area contributed by atoms with Gasteiger partial charge in [-0.1, -0.05) is 277 Å².